The number of nitrogens with two attached hydrogens (primary N) is 1. The molecule has 12 rings (SSSR count). The maximum atomic E-state index is 14.9. The molecule has 3 amide bonds. The second-order valence-electron chi connectivity index (χ2n) is 39.4. The number of hydrogen-bond donors (Lipinski definition) is 5. The number of nitrogens with zero attached hydrogens (tertiary/aromatic N) is 5. The summed E-state index contributed by atoms with van der Waals surface area (Å²) < 4.78 is 91.9. The molecular weight excluding hydrogens is 1690 g/mol. The second-order valence-corrected chi connectivity index (χ2v) is 43.6. The van der Waals surface area contributed by atoms with Crippen LogP contribution in [0.4, 0.5) is 10.3 Å². The summed E-state index contributed by atoms with van der Waals surface area (Å²) in [5, 5.41) is 17.9. The number of thiazole rings is 2. The largest absolute Gasteiger partial charge is 0.497 e. The number of pyridine rings is 2. The lowest BCUT2D eigenvalue weighted by molar-refractivity contribution is -0.161. The summed E-state index contributed by atoms with van der Waals surface area (Å²) in [5.74, 6) is -2.84. The number of anilines is 2. The highest BCUT2D eigenvalue weighted by Gasteiger charge is 2.63. The van der Waals surface area contributed by atoms with Crippen LogP contribution in [0.1, 0.15) is 235 Å². The van der Waals surface area contributed by atoms with E-state index in [4.69, 9.17) is 42.6 Å². The van der Waals surface area contributed by atoms with Crippen molar-refractivity contribution < 1.29 is 92.0 Å². The van der Waals surface area contributed by atoms with E-state index in [-0.39, 0.29) is 85.5 Å². The van der Waals surface area contributed by atoms with Crippen molar-refractivity contribution in [2.24, 2.45) is 56.4 Å². The van der Waals surface area contributed by atoms with Crippen molar-refractivity contribution in [2.75, 3.05) is 45.1 Å². The highest BCUT2D eigenvalue weighted by molar-refractivity contribution is 7.85. The van der Waals surface area contributed by atoms with Crippen molar-refractivity contribution in [3.8, 4) is 40.0 Å². The van der Waals surface area contributed by atoms with Crippen LogP contribution >= 0.6 is 22.7 Å². The minimum atomic E-state index is -4.44. The molecule has 2 aromatic carbocycles. The van der Waals surface area contributed by atoms with Crippen molar-refractivity contribution in [3.05, 3.63) is 69.5 Å². The number of carbonyl (C=O) groups excluding carboxylic acids is 8. The van der Waals surface area contributed by atoms with Crippen molar-refractivity contribution in [3.63, 3.8) is 0 Å². The Morgan fingerprint density at radius 1 is 0.608 bits per heavy atom. The number of aromatic nitrogens is 4. The van der Waals surface area contributed by atoms with Gasteiger partial charge in [0.15, 0.2) is 27.3 Å². The number of ether oxygens (including phenoxy) is 6. The Labute approximate surface area is 743 Å². The lowest BCUT2D eigenvalue weighted by atomic mass is 9.77. The average molecular weight is 1820 g/mol. The third-order valence-electron chi connectivity index (χ3n) is 23.3. The first-order chi connectivity index (χ1) is 57.9. The number of esters is 3. The van der Waals surface area contributed by atoms with Crippen molar-refractivity contribution in [1.29, 1.82) is 0 Å². The fraction of sp³-hybridized carbons (Fsp3) is 0.644. The number of methoxy groups -OCH3 is 3. The molecule has 0 unspecified atom stereocenters. The predicted octanol–water partition coefficient (Wildman–Crippen LogP) is 14.6. The number of benzene rings is 2. The summed E-state index contributed by atoms with van der Waals surface area (Å²) in [6.45, 7) is 40.0. The van der Waals surface area contributed by atoms with Gasteiger partial charge in [0.25, 0.3) is 0 Å². The minimum Gasteiger partial charge on any atom is -0.497 e. The second kappa shape index (κ2) is 39.1. The average Bonchev–Trinajstić information content (AvgIpc) is 1.58. The summed E-state index contributed by atoms with van der Waals surface area (Å²) in [5.41, 5.74) is -2.05. The summed E-state index contributed by atoms with van der Waals surface area (Å²) in [6.07, 6.45) is 4.48. The zero-order valence-corrected chi connectivity index (χ0v) is 80.1. The summed E-state index contributed by atoms with van der Waals surface area (Å²) >= 11 is 2.98. The highest BCUT2D eigenvalue weighted by atomic mass is 32.2. The van der Waals surface area contributed by atoms with Crippen LogP contribution in [0.3, 0.4) is 0 Å². The van der Waals surface area contributed by atoms with Crippen LogP contribution in [0.2, 0.25) is 0 Å². The zero-order chi connectivity index (χ0) is 93.0. The normalized spacial score (nSPS) is 22.2. The maximum absolute atomic E-state index is 14.9. The van der Waals surface area contributed by atoms with Gasteiger partial charge in [-0.05, 0) is 181 Å². The number of amides is 3. The number of fused-ring (bicyclic) bond motifs is 2. The van der Waals surface area contributed by atoms with E-state index in [9.17, 15) is 60.0 Å². The predicted molar refractivity (Wildman–Crippen MR) is 480 cm³/mol. The van der Waals surface area contributed by atoms with Crippen LogP contribution in [0, 0.1) is 51.2 Å². The number of likely N-dealkylation sites (tertiary alicyclic amines) is 2. The number of hydrogen-bond acceptors (Lipinski definition) is 28. The Kier molecular flexibility index (Phi) is 31.3. The first kappa shape index (κ1) is 100. The number of Topliss-reactive ketones (excluding diaryl/α,β-unsaturated/α-hetero) is 2. The fourth-order valence-corrected chi connectivity index (χ4v) is 19.6. The maximum Gasteiger partial charge on any atom is 0.362 e. The number of rotatable bonds is 31. The smallest absolute Gasteiger partial charge is 0.362 e. The molecule has 6 aromatic rings. The molecule has 31 nitrogen and oxygen atoms in total. The third-order valence-corrected chi connectivity index (χ3v) is 26.5. The first-order valence-electron chi connectivity index (χ1n) is 42.9. The van der Waals surface area contributed by atoms with Gasteiger partial charge in [0.2, 0.25) is 17.7 Å². The summed E-state index contributed by atoms with van der Waals surface area (Å²) in [4.78, 5) is 142. The molecule has 690 valence electrons. The lowest BCUT2D eigenvalue weighted by Gasteiger charge is -2.35. The fourth-order valence-electron chi connectivity index (χ4n) is 16.0. The topological polar surface area (TPSA) is 419 Å². The third kappa shape index (κ3) is 26.9. The van der Waals surface area contributed by atoms with Gasteiger partial charge in [-0.3, -0.25) is 47.3 Å². The van der Waals surface area contributed by atoms with Gasteiger partial charge in [-0.15, -0.1) is 22.7 Å². The Balaban J connectivity index is 0.000000228. The number of ketones is 2. The molecule has 0 radical (unpaired) electrons. The standard InChI is InChI=1S/C44H61N5O10S2.C26H43NO6.C16H17N3O2S.C4H9NO3S/c1-12-26-21-44(26,39(53)48-61(54,55)59-43(10)15-16-43)22-35(50)34-18-28(23-49(34)38(52)30(41(4,5)6)19-37(51)58-42(7,8)9)57-36-20-32(33-24-60-40(47-33)45-25(2)3)46-31-17-27(56-11)13-14-29(31)36;1-10-17-13-26(17,23(31)32-9)14-20(28)19-11-16(2)15-27(19)22(30)18(24(3,4)5)12-21(29)33-25(6,7)8;1-9(2)17-16-19-14(8-22-16)13-7-15(20)11-5-4-10(21-3)6-12(11)18-13;1-4(2-3-4)8-9(5,6)7/h13-14,17,20,24-26,28,30,34H,12,15-16,18-19,21-23H2,1-11H3,(H,45,47)(H,48,53);16-19H,10-15H2,1-9H3;4-9H,1-3H3,(H,17,19)(H,18,20);2-3H2,1H3,(H2,5,6,7)/t26-,28-,30-,34+,44-;16-,17+,18+,19-,26+;;/m10../s1. The number of carbonyl (C=O) groups is 8. The van der Waals surface area contributed by atoms with Gasteiger partial charge in [-0.25, -0.2) is 29.0 Å². The quantitative estimate of drug-likeness (QED) is 0.0199. The van der Waals surface area contributed by atoms with Crippen LogP contribution in [-0.4, -0.2) is 181 Å². The molecule has 0 bridgehead atoms. The van der Waals surface area contributed by atoms with E-state index >= 15 is 0 Å². The summed E-state index contributed by atoms with van der Waals surface area (Å²) in [6, 6.07) is 13.1. The number of H-pyrrole nitrogens is 1. The van der Waals surface area contributed by atoms with Gasteiger partial charge in [-0.2, -0.15) is 16.8 Å². The molecule has 4 aromatic heterocycles. The van der Waals surface area contributed by atoms with Crippen molar-refractivity contribution >= 4 is 123 Å². The van der Waals surface area contributed by atoms with E-state index in [2.05, 4.69) is 48.5 Å². The van der Waals surface area contributed by atoms with Gasteiger partial charge in [0.1, 0.15) is 40.2 Å². The molecule has 10 atom stereocenters. The molecule has 4 aliphatic carbocycles. The molecule has 125 heavy (non-hydrogen) atoms. The van der Waals surface area contributed by atoms with E-state index in [1.165, 1.54) is 34.7 Å². The molecule has 6 heterocycles. The van der Waals surface area contributed by atoms with Crippen LogP contribution in [0.15, 0.2) is 64.1 Å². The molecule has 6 N–H and O–H groups in total. The number of aromatic amines is 1. The summed E-state index contributed by atoms with van der Waals surface area (Å²) in [7, 11) is -3.62. The molecular formula is C90H130N10O21S4. The van der Waals surface area contributed by atoms with Crippen LogP contribution in [-0.2, 0) is 81.5 Å². The van der Waals surface area contributed by atoms with E-state index in [1.807, 2.05) is 99.1 Å². The van der Waals surface area contributed by atoms with Gasteiger partial charge in [-0.1, -0.05) is 75.2 Å². The Hall–Kier alpha value is -8.74. The van der Waals surface area contributed by atoms with Crippen LogP contribution < -0.4 is 40.1 Å². The molecule has 0 spiro atoms. The molecule has 2 saturated heterocycles. The molecule has 2 aliphatic heterocycles. The molecule has 4 saturated carbocycles. The Morgan fingerprint density at radius 3 is 1.54 bits per heavy atom. The molecule has 6 aliphatic rings. The Morgan fingerprint density at radius 2 is 1.08 bits per heavy atom. The van der Waals surface area contributed by atoms with E-state index in [0.717, 1.165) is 40.7 Å². The first-order valence-corrected chi connectivity index (χ1v) is 47.5. The van der Waals surface area contributed by atoms with Crippen molar-refractivity contribution in [1.82, 2.24) is 34.5 Å². The molecule has 35 heteroatoms. The highest BCUT2D eigenvalue weighted by Crippen LogP contribution is 2.60. The van der Waals surface area contributed by atoms with Crippen LogP contribution in [0.5, 0.6) is 17.2 Å². The van der Waals surface area contributed by atoms with Gasteiger partial charge >= 0.3 is 38.5 Å². The van der Waals surface area contributed by atoms with E-state index in [0.29, 0.717) is 102 Å². The molecule has 6 fully saturated rings. The monoisotopic (exact) mass is 1810 g/mol. The Bertz CT molecular complexity index is 5240. The minimum absolute atomic E-state index is 0.00179. The lowest BCUT2D eigenvalue weighted by Crippen LogP contribution is -2.49. The van der Waals surface area contributed by atoms with Gasteiger partial charge < -0.3 is 53.8 Å². The number of nitrogens with one attached hydrogen (secondary N) is 4. The van der Waals surface area contributed by atoms with Crippen LogP contribution in [0.25, 0.3) is 44.6 Å². The van der Waals surface area contributed by atoms with Gasteiger partial charge in [0, 0.05) is 83.7 Å². The SMILES string of the molecule is CC1(OS(N)(=O)=O)CC1.CC[C@@H]1C[C@]1(CC(=O)[C@@H]1C[C@@H](Oc2cc(-c3csc(NC(C)C)n3)nc3cc(OC)ccc23)CN1C(=O)[C@@H](CC(=O)OC(C)(C)C)C(C)(C)C)C(=O)NS(=O)(=O)OC1(C)CC1.CC[C@@H]1C[C@]1(CC(=O)[C@@H]1C[C@H](C)CN1C(=O)[C@@H](CC(=O)OC(C)(C)C)C(C)(C)C)C(=O)OC.COc1ccc2c(=O)cc(-c3csc(NC(C)C)n3)[nH]c2c1. The van der Waals surface area contributed by atoms with E-state index in [1.54, 1.807) is 111 Å². The van der Waals surface area contributed by atoms with Crippen molar-refractivity contribution in [2.45, 2.75) is 288 Å². The zero-order valence-electron chi connectivity index (χ0n) is 76.9. The van der Waals surface area contributed by atoms with E-state index < -0.39 is 124 Å². The van der Waals surface area contributed by atoms with Gasteiger partial charge in [0.05, 0.1) is 115 Å².